The van der Waals surface area contributed by atoms with Crippen LogP contribution in [0.1, 0.15) is 12.2 Å². The van der Waals surface area contributed by atoms with Gasteiger partial charge in [-0.05, 0) is 11.3 Å². The Morgan fingerprint density at radius 2 is 2.06 bits per heavy atom. The molecule has 1 aliphatic rings. The minimum Gasteiger partial charge on any atom is -0.358 e. The molecular weight excluding hydrogens is 218 g/mol. The largest absolute Gasteiger partial charge is 0.358 e. The Balaban J connectivity index is 2.21. The number of nitro groups is 1. The third kappa shape index (κ3) is 1.51. The summed E-state index contributed by atoms with van der Waals surface area (Å²) in [4.78, 5) is 15.2. The van der Waals surface area contributed by atoms with Crippen molar-refractivity contribution >= 4 is 5.82 Å². The summed E-state index contributed by atoms with van der Waals surface area (Å²) in [7, 11) is 0. The Kier molecular flexibility index (Phi) is 2.18. The second-order valence-electron chi connectivity index (χ2n) is 4.08. The van der Waals surface area contributed by atoms with Crippen LogP contribution in [0.25, 0.3) is 11.3 Å². The topological polar surface area (TPSA) is 61.0 Å². The SMILES string of the molecule is O=[N+]([O-])c1c(-c2ccccc2)nc2n1CCC2. The maximum absolute atomic E-state index is 11.2. The van der Waals surface area contributed by atoms with Gasteiger partial charge in [0.2, 0.25) is 0 Å². The van der Waals surface area contributed by atoms with E-state index in [-0.39, 0.29) is 10.7 Å². The van der Waals surface area contributed by atoms with Gasteiger partial charge in [-0.2, -0.15) is 0 Å². The predicted octanol–water partition coefficient (Wildman–Crippen LogP) is 2.40. The number of nitrogens with zero attached hydrogens (tertiary/aromatic N) is 3. The minimum atomic E-state index is -0.329. The predicted molar refractivity (Wildman–Crippen MR) is 62.6 cm³/mol. The molecule has 0 radical (unpaired) electrons. The van der Waals surface area contributed by atoms with Crippen LogP contribution in [-0.2, 0) is 13.0 Å². The summed E-state index contributed by atoms with van der Waals surface area (Å²) in [5, 5.41) is 11.2. The molecule has 1 aliphatic heterocycles. The second-order valence-corrected chi connectivity index (χ2v) is 4.08. The Morgan fingerprint density at radius 3 is 2.76 bits per heavy atom. The zero-order valence-corrected chi connectivity index (χ0v) is 9.17. The number of aromatic nitrogens is 2. The third-order valence-corrected chi connectivity index (χ3v) is 3.02. The quantitative estimate of drug-likeness (QED) is 0.586. The molecule has 0 atom stereocenters. The summed E-state index contributed by atoms with van der Waals surface area (Å²) >= 11 is 0. The maximum atomic E-state index is 11.2. The van der Waals surface area contributed by atoms with E-state index in [0.717, 1.165) is 24.2 Å². The van der Waals surface area contributed by atoms with E-state index in [9.17, 15) is 10.1 Å². The molecule has 2 heterocycles. The first-order chi connectivity index (χ1) is 8.27. The molecule has 86 valence electrons. The molecule has 0 bridgehead atoms. The summed E-state index contributed by atoms with van der Waals surface area (Å²) in [5.41, 5.74) is 1.30. The van der Waals surface area contributed by atoms with Crippen molar-refractivity contribution in [1.82, 2.24) is 9.55 Å². The molecule has 3 rings (SSSR count). The monoisotopic (exact) mass is 229 g/mol. The molecule has 1 aromatic carbocycles. The van der Waals surface area contributed by atoms with Crippen LogP contribution in [0.2, 0.25) is 0 Å². The summed E-state index contributed by atoms with van der Waals surface area (Å²) < 4.78 is 1.72. The van der Waals surface area contributed by atoms with Crippen LogP contribution in [0.15, 0.2) is 30.3 Å². The molecule has 2 aromatic rings. The van der Waals surface area contributed by atoms with Crippen molar-refractivity contribution in [3.8, 4) is 11.3 Å². The molecule has 0 spiro atoms. The summed E-state index contributed by atoms with van der Waals surface area (Å²) in [6, 6.07) is 9.32. The van der Waals surface area contributed by atoms with Crippen LogP contribution in [-0.4, -0.2) is 14.5 Å². The zero-order chi connectivity index (χ0) is 11.8. The fraction of sp³-hybridized carbons (Fsp3) is 0.250. The number of hydrogen-bond donors (Lipinski definition) is 0. The van der Waals surface area contributed by atoms with E-state index < -0.39 is 0 Å². The van der Waals surface area contributed by atoms with E-state index in [1.165, 1.54) is 0 Å². The van der Waals surface area contributed by atoms with Gasteiger partial charge in [-0.25, -0.2) is 9.55 Å². The molecule has 0 N–H and O–H groups in total. The number of aryl methyl sites for hydroxylation is 1. The highest BCUT2D eigenvalue weighted by Gasteiger charge is 2.30. The van der Waals surface area contributed by atoms with E-state index in [4.69, 9.17) is 0 Å². The molecule has 0 aliphatic carbocycles. The smallest absolute Gasteiger partial charge is 0.350 e. The summed E-state index contributed by atoms with van der Waals surface area (Å²) in [6.07, 6.45) is 1.77. The molecule has 1 aromatic heterocycles. The van der Waals surface area contributed by atoms with Crippen molar-refractivity contribution in [3.63, 3.8) is 0 Å². The lowest BCUT2D eigenvalue weighted by Gasteiger charge is -2.00. The van der Waals surface area contributed by atoms with Gasteiger partial charge >= 0.3 is 5.82 Å². The lowest BCUT2D eigenvalue weighted by molar-refractivity contribution is -0.391. The van der Waals surface area contributed by atoms with Crippen molar-refractivity contribution < 1.29 is 4.92 Å². The third-order valence-electron chi connectivity index (χ3n) is 3.02. The van der Waals surface area contributed by atoms with Gasteiger partial charge in [0.25, 0.3) is 0 Å². The van der Waals surface area contributed by atoms with E-state index >= 15 is 0 Å². The van der Waals surface area contributed by atoms with Crippen LogP contribution in [0.5, 0.6) is 0 Å². The molecule has 5 nitrogen and oxygen atoms in total. The fourth-order valence-corrected chi connectivity index (χ4v) is 2.29. The average molecular weight is 229 g/mol. The van der Waals surface area contributed by atoms with Crippen molar-refractivity contribution in [2.45, 2.75) is 19.4 Å². The summed E-state index contributed by atoms with van der Waals surface area (Å²) in [6.45, 7) is 0.700. The molecule has 0 amide bonds. The van der Waals surface area contributed by atoms with Crippen molar-refractivity contribution in [2.75, 3.05) is 0 Å². The van der Waals surface area contributed by atoms with Crippen LogP contribution in [0.3, 0.4) is 0 Å². The standard InChI is InChI=1S/C12H11N3O2/c16-15(17)12-11(9-5-2-1-3-6-9)13-10-7-4-8-14(10)12/h1-3,5-6H,4,7-8H2. The van der Waals surface area contributed by atoms with Gasteiger partial charge in [0.05, 0.1) is 6.54 Å². The van der Waals surface area contributed by atoms with Gasteiger partial charge < -0.3 is 10.1 Å². The first-order valence-electron chi connectivity index (χ1n) is 5.56. The van der Waals surface area contributed by atoms with Gasteiger partial charge in [-0.1, -0.05) is 30.3 Å². The number of benzene rings is 1. The zero-order valence-electron chi connectivity index (χ0n) is 9.17. The van der Waals surface area contributed by atoms with Crippen LogP contribution >= 0.6 is 0 Å². The van der Waals surface area contributed by atoms with Crippen molar-refractivity contribution in [1.29, 1.82) is 0 Å². The highest BCUT2D eigenvalue weighted by molar-refractivity contribution is 5.68. The molecule has 0 unspecified atom stereocenters. The molecule has 0 saturated heterocycles. The van der Waals surface area contributed by atoms with Gasteiger partial charge in [0.15, 0.2) is 11.5 Å². The van der Waals surface area contributed by atoms with Crippen LogP contribution < -0.4 is 0 Å². The number of imidazole rings is 1. The van der Waals surface area contributed by atoms with Gasteiger partial charge in [0, 0.05) is 12.0 Å². The second kappa shape index (κ2) is 3.69. The Hall–Kier alpha value is -2.17. The lowest BCUT2D eigenvalue weighted by Crippen LogP contribution is -2.00. The number of fused-ring (bicyclic) bond motifs is 1. The number of hydrogen-bond acceptors (Lipinski definition) is 3. The van der Waals surface area contributed by atoms with E-state index in [0.29, 0.717) is 12.2 Å². The average Bonchev–Trinajstić information content (AvgIpc) is 2.88. The van der Waals surface area contributed by atoms with Crippen LogP contribution in [0.4, 0.5) is 5.82 Å². The lowest BCUT2D eigenvalue weighted by atomic mass is 10.1. The Labute approximate surface area is 97.9 Å². The van der Waals surface area contributed by atoms with Crippen molar-refractivity contribution in [2.24, 2.45) is 0 Å². The first kappa shape index (κ1) is 10.0. The molecule has 17 heavy (non-hydrogen) atoms. The maximum Gasteiger partial charge on any atom is 0.350 e. The Morgan fingerprint density at radius 1 is 1.29 bits per heavy atom. The van der Waals surface area contributed by atoms with Gasteiger partial charge in [-0.3, -0.25) is 0 Å². The highest BCUT2D eigenvalue weighted by Crippen LogP contribution is 2.33. The minimum absolute atomic E-state index is 0.128. The van der Waals surface area contributed by atoms with Gasteiger partial charge in [-0.15, -0.1) is 0 Å². The molecular formula is C12H11N3O2. The molecule has 0 fully saturated rings. The van der Waals surface area contributed by atoms with Gasteiger partial charge in [0.1, 0.15) is 0 Å². The number of rotatable bonds is 2. The molecule has 0 saturated carbocycles. The molecule has 5 heteroatoms. The normalized spacial score (nSPS) is 13.6. The first-order valence-corrected chi connectivity index (χ1v) is 5.56. The van der Waals surface area contributed by atoms with E-state index in [1.54, 1.807) is 4.57 Å². The Bertz CT molecular complexity index is 575. The highest BCUT2D eigenvalue weighted by atomic mass is 16.6. The fourth-order valence-electron chi connectivity index (χ4n) is 2.29. The van der Waals surface area contributed by atoms with E-state index in [1.807, 2.05) is 30.3 Å². The summed E-state index contributed by atoms with van der Waals surface area (Å²) in [5.74, 6) is 0.958. The van der Waals surface area contributed by atoms with Crippen molar-refractivity contribution in [3.05, 3.63) is 46.3 Å². The van der Waals surface area contributed by atoms with Crippen LogP contribution in [0, 0.1) is 10.1 Å². The van der Waals surface area contributed by atoms with E-state index in [2.05, 4.69) is 4.98 Å².